The molecule has 0 saturated carbocycles. The lowest BCUT2D eigenvalue weighted by Gasteiger charge is -2.30. The summed E-state index contributed by atoms with van der Waals surface area (Å²) in [6, 6.07) is 17.0. The Balaban J connectivity index is 2.07. The van der Waals surface area contributed by atoms with Crippen LogP contribution in [0.25, 0.3) is 0 Å². The fourth-order valence-corrected chi connectivity index (χ4v) is 2.92. The van der Waals surface area contributed by atoms with E-state index in [1.54, 1.807) is 11.9 Å². The summed E-state index contributed by atoms with van der Waals surface area (Å²) in [6.45, 7) is 4.27. The molecule has 0 spiro atoms. The topological polar surface area (TPSA) is 58.6 Å². The lowest BCUT2D eigenvalue weighted by atomic mass is 10.1. The molecular weight excluding hydrogens is 340 g/mol. The molecule has 144 valence electrons. The number of nitrogens with one attached hydrogen (secondary N) is 1. The Hall–Kier alpha value is -2.82. The van der Waals surface area contributed by atoms with Crippen molar-refractivity contribution >= 4 is 11.8 Å². The highest BCUT2D eigenvalue weighted by Crippen LogP contribution is 2.13. The summed E-state index contributed by atoms with van der Waals surface area (Å²) in [5, 5.41) is 2.66. The zero-order valence-electron chi connectivity index (χ0n) is 16.3. The third-order valence-corrected chi connectivity index (χ3v) is 4.50. The van der Waals surface area contributed by atoms with Crippen LogP contribution in [0.3, 0.4) is 0 Å². The van der Waals surface area contributed by atoms with Gasteiger partial charge in [0.25, 0.3) is 5.91 Å². The highest BCUT2D eigenvalue weighted by molar-refractivity contribution is 5.88. The van der Waals surface area contributed by atoms with Gasteiger partial charge in [-0.1, -0.05) is 55.0 Å². The van der Waals surface area contributed by atoms with Crippen LogP contribution in [-0.4, -0.2) is 43.0 Å². The van der Waals surface area contributed by atoms with Crippen molar-refractivity contribution in [3.8, 4) is 5.75 Å². The fourth-order valence-electron chi connectivity index (χ4n) is 2.92. The van der Waals surface area contributed by atoms with E-state index >= 15 is 0 Å². The van der Waals surface area contributed by atoms with Crippen LogP contribution in [0.15, 0.2) is 54.6 Å². The van der Waals surface area contributed by atoms with Gasteiger partial charge in [-0.05, 0) is 37.5 Å². The molecule has 5 heteroatoms. The molecule has 0 aromatic heterocycles. The van der Waals surface area contributed by atoms with Crippen LogP contribution >= 0.6 is 0 Å². The first kappa shape index (κ1) is 20.5. The molecule has 0 heterocycles. The van der Waals surface area contributed by atoms with Crippen LogP contribution in [0.1, 0.15) is 24.5 Å². The van der Waals surface area contributed by atoms with E-state index in [0.29, 0.717) is 25.1 Å². The summed E-state index contributed by atoms with van der Waals surface area (Å²) < 4.78 is 5.64. The van der Waals surface area contributed by atoms with Crippen molar-refractivity contribution < 1.29 is 14.3 Å². The van der Waals surface area contributed by atoms with Gasteiger partial charge >= 0.3 is 0 Å². The Bertz CT molecular complexity index is 729. The molecule has 27 heavy (non-hydrogen) atoms. The number of hydrogen-bond acceptors (Lipinski definition) is 3. The number of likely N-dealkylation sites (N-methyl/N-ethyl adjacent to an activating group) is 1. The van der Waals surface area contributed by atoms with Crippen molar-refractivity contribution in [1.29, 1.82) is 0 Å². The van der Waals surface area contributed by atoms with E-state index in [-0.39, 0.29) is 18.4 Å². The SMILES string of the molecule is CC[C@@H](C(=O)NC)N(CCc1ccccc1)C(=O)COc1ccc(C)cc1. The highest BCUT2D eigenvalue weighted by atomic mass is 16.5. The Morgan fingerprint density at radius 3 is 2.33 bits per heavy atom. The number of rotatable bonds is 9. The third kappa shape index (κ3) is 6.13. The molecule has 2 rings (SSSR count). The lowest BCUT2D eigenvalue weighted by Crippen LogP contribution is -2.50. The van der Waals surface area contributed by atoms with Gasteiger partial charge in [-0.2, -0.15) is 0 Å². The number of hydrogen-bond donors (Lipinski definition) is 1. The Morgan fingerprint density at radius 2 is 1.74 bits per heavy atom. The second kappa shape index (κ2) is 10.4. The van der Waals surface area contributed by atoms with Crippen LogP contribution in [0, 0.1) is 6.92 Å². The predicted octanol–water partition coefficient (Wildman–Crippen LogP) is 2.97. The molecular formula is C22H28N2O3. The van der Waals surface area contributed by atoms with Crippen LogP contribution in [0.2, 0.25) is 0 Å². The van der Waals surface area contributed by atoms with E-state index in [2.05, 4.69) is 5.32 Å². The molecule has 0 radical (unpaired) electrons. The number of carbonyl (C=O) groups excluding carboxylic acids is 2. The van der Waals surface area contributed by atoms with Crippen molar-refractivity contribution in [2.24, 2.45) is 0 Å². The summed E-state index contributed by atoms with van der Waals surface area (Å²) >= 11 is 0. The predicted molar refractivity (Wildman–Crippen MR) is 107 cm³/mol. The van der Waals surface area contributed by atoms with Gasteiger partial charge < -0.3 is 15.0 Å². The largest absolute Gasteiger partial charge is 0.484 e. The number of ether oxygens (including phenoxy) is 1. The van der Waals surface area contributed by atoms with Gasteiger partial charge in [0.1, 0.15) is 11.8 Å². The number of aryl methyl sites for hydroxylation is 1. The number of amides is 2. The zero-order chi connectivity index (χ0) is 19.6. The average Bonchev–Trinajstić information content (AvgIpc) is 2.70. The average molecular weight is 368 g/mol. The van der Waals surface area contributed by atoms with Gasteiger partial charge in [0.15, 0.2) is 6.61 Å². The van der Waals surface area contributed by atoms with E-state index < -0.39 is 6.04 Å². The minimum Gasteiger partial charge on any atom is -0.484 e. The third-order valence-electron chi connectivity index (χ3n) is 4.50. The molecule has 5 nitrogen and oxygen atoms in total. The molecule has 2 aromatic carbocycles. The minimum atomic E-state index is -0.507. The maximum absolute atomic E-state index is 12.8. The van der Waals surface area contributed by atoms with E-state index in [4.69, 9.17) is 4.74 Å². The molecule has 1 atom stereocenters. The second-order valence-electron chi connectivity index (χ2n) is 6.46. The van der Waals surface area contributed by atoms with Gasteiger partial charge in [-0.15, -0.1) is 0 Å². The lowest BCUT2D eigenvalue weighted by molar-refractivity contribution is -0.142. The maximum Gasteiger partial charge on any atom is 0.261 e. The van der Waals surface area contributed by atoms with Crippen molar-refractivity contribution in [3.63, 3.8) is 0 Å². The van der Waals surface area contributed by atoms with Crippen molar-refractivity contribution in [1.82, 2.24) is 10.2 Å². The molecule has 0 unspecified atom stereocenters. The number of nitrogens with zero attached hydrogens (tertiary/aromatic N) is 1. The fraction of sp³-hybridized carbons (Fsp3) is 0.364. The monoisotopic (exact) mass is 368 g/mol. The number of benzene rings is 2. The Morgan fingerprint density at radius 1 is 1.07 bits per heavy atom. The molecule has 0 aliphatic carbocycles. The minimum absolute atomic E-state index is 0.0919. The first-order valence-corrected chi connectivity index (χ1v) is 9.29. The van der Waals surface area contributed by atoms with Gasteiger partial charge in [-0.3, -0.25) is 9.59 Å². The van der Waals surface area contributed by atoms with Gasteiger partial charge in [0, 0.05) is 13.6 Å². The molecule has 0 saturated heterocycles. The molecule has 2 aromatic rings. The summed E-state index contributed by atoms with van der Waals surface area (Å²) in [7, 11) is 1.59. The summed E-state index contributed by atoms with van der Waals surface area (Å²) in [6.07, 6.45) is 1.23. The summed E-state index contributed by atoms with van der Waals surface area (Å²) in [5.74, 6) is 0.293. The van der Waals surface area contributed by atoms with Crippen LogP contribution in [0.4, 0.5) is 0 Å². The first-order chi connectivity index (χ1) is 13.0. The van der Waals surface area contributed by atoms with E-state index in [1.807, 2.05) is 68.4 Å². The maximum atomic E-state index is 12.8. The van der Waals surface area contributed by atoms with Crippen molar-refractivity contribution in [3.05, 3.63) is 65.7 Å². The van der Waals surface area contributed by atoms with Crippen LogP contribution < -0.4 is 10.1 Å². The van der Waals surface area contributed by atoms with E-state index in [1.165, 1.54) is 0 Å². The standard InChI is InChI=1S/C22H28N2O3/c1-4-20(22(26)23-3)24(15-14-18-8-6-5-7-9-18)21(25)16-27-19-12-10-17(2)11-13-19/h5-13,20H,4,14-16H2,1-3H3,(H,23,26)/t20-/m0/s1. The molecule has 0 bridgehead atoms. The summed E-state index contributed by atoms with van der Waals surface area (Å²) in [4.78, 5) is 26.7. The van der Waals surface area contributed by atoms with Crippen LogP contribution in [-0.2, 0) is 16.0 Å². The zero-order valence-corrected chi connectivity index (χ0v) is 16.3. The highest BCUT2D eigenvalue weighted by Gasteiger charge is 2.27. The van der Waals surface area contributed by atoms with Crippen molar-refractivity contribution in [2.45, 2.75) is 32.7 Å². The molecule has 1 N–H and O–H groups in total. The van der Waals surface area contributed by atoms with Gasteiger partial charge in [-0.25, -0.2) is 0 Å². The molecule has 0 aliphatic rings. The first-order valence-electron chi connectivity index (χ1n) is 9.29. The van der Waals surface area contributed by atoms with Gasteiger partial charge in [0.2, 0.25) is 5.91 Å². The molecule has 2 amide bonds. The van der Waals surface area contributed by atoms with E-state index in [9.17, 15) is 9.59 Å². The molecule has 0 fully saturated rings. The normalized spacial score (nSPS) is 11.5. The quantitative estimate of drug-likeness (QED) is 0.740. The van der Waals surface area contributed by atoms with Crippen LogP contribution in [0.5, 0.6) is 5.75 Å². The second-order valence-corrected chi connectivity index (χ2v) is 6.46. The van der Waals surface area contributed by atoms with Crippen molar-refractivity contribution in [2.75, 3.05) is 20.2 Å². The Kier molecular flexibility index (Phi) is 7.86. The smallest absolute Gasteiger partial charge is 0.261 e. The van der Waals surface area contributed by atoms with E-state index in [0.717, 1.165) is 11.1 Å². The molecule has 0 aliphatic heterocycles. The summed E-state index contributed by atoms with van der Waals surface area (Å²) in [5.41, 5.74) is 2.25. The Labute approximate surface area is 161 Å². The van der Waals surface area contributed by atoms with Gasteiger partial charge in [0.05, 0.1) is 0 Å². The number of carbonyl (C=O) groups is 2.